The number of imidazole rings is 1. The fourth-order valence-corrected chi connectivity index (χ4v) is 4.54. The SMILES string of the molecule is NC1CN(c2cncc(-c3cnc4[nH]nc(-c5nc6c(-c7cc(O)cc(F)c7)nccc6[nH]5)c4c3)n2)C1. The van der Waals surface area contributed by atoms with Crippen LogP contribution in [0.2, 0.25) is 0 Å². The van der Waals surface area contributed by atoms with E-state index in [-0.39, 0.29) is 11.8 Å². The van der Waals surface area contributed by atoms with Crippen molar-refractivity contribution in [3.63, 3.8) is 0 Å². The van der Waals surface area contributed by atoms with Gasteiger partial charge in [-0.2, -0.15) is 5.10 Å². The Bertz CT molecular complexity index is 1790. The number of halogens is 1. The molecule has 37 heavy (non-hydrogen) atoms. The van der Waals surface area contributed by atoms with Gasteiger partial charge < -0.3 is 20.7 Å². The molecule has 5 aromatic heterocycles. The molecule has 0 unspecified atom stereocenters. The lowest BCUT2D eigenvalue weighted by atomic mass is 10.1. The van der Waals surface area contributed by atoms with Gasteiger partial charge in [0.15, 0.2) is 11.5 Å². The van der Waals surface area contributed by atoms with Gasteiger partial charge in [0, 0.05) is 48.7 Å². The van der Waals surface area contributed by atoms with E-state index in [0.29, 0.717) is 45.2 Å². The van der Waals surface area contributed by atoms with Gasteiger partial charge in [-0.1, -0.05) is 0 Å². The highest BCUT2D eigenvalue weighted by Gasteiger charge is 2.25. The van der Waals surface area contributed by atoms with Crippen molar-refractivity contribution in [3.8, 4) is 39.8 Å². The van der Waals surface area contributed by atoms with Gasteiger partial charge in [-0.3, -0.25) is 15.1 Å². The number of hydrogen-bond donors (Lipinski definition) is 4. The average Bonchev–Trinajstić information content (AvgIpc) is 3.49. The first-order valence-electron chi connectivity index (χ1n) is 11.5. The number of anilines is 1. The number of benzene rings is 1. The number of rotatable bonds is 4. The predicted octanol–water partition coefficient (Wildman–Crippen LogP) is 3.01. The van der Waals surface area contributed by atoms with Crippen LogP contribution in [0.3, 0.4) is 0 Å². The molecular weight excluding hydrogens is 475 g/mol. The smallest absolute Gasteiger partial charge is 0.159 e. The van der Waals surface area contributed by atoms with Crippen LogP contribution in [-0.4, -0.2) is 64.3 Å². The van der Waals surface area contributed by atoms with Crippen LogP contribution >= 0.6 is 0 Å². The fraction of sp³-hybridized carbons (Fsp3) is 0.120. The predicted molar refractivity (Wildman–Crippen MR) is 135 cm³/mol. The van der Waals surface area contributed by atoms with E-state index in [1.54, 1.807) is 30.9 Å². The van der Waals surface area contributed by atoms with Crippen LogP contribution in [0.5, 0.6) is 5.75 Å². The minimum Gasteiger partial charge on any atom is -0.508 e. The number of nitrogens with zero attached hydrogens (tertiary/aromatic N) is 7. The van der Waals surface area contributed by atoms with Crippen LogP contribution in [-0.2, 0) is 0 Å². The van der Waals surface area contributed by atoms with Crippen molar-refractivity contribution >= 4 is 27.9 Å². The standard InChI is InChI=1S/C25H19FN10O/c26-14-3-12(4-16(37)6-14)21-23-18(1-2-29-21)32-25(33-23)22-17-5-13(7-30-24(17)35-34-22)19-8-28-9-20(31-19)36-10-15(27)11-36/h1-9,15,37H,10-11,27H2,(H,32,33)(H,30,34,35). The van der Waals surface area contributed by atoms with Gasteiger partial charge in [0.2, 0.25) is 0 Å². The summed E-state index contributed by atoms with van der Waals surface area (Å²) >= 11 is 0. The molecule has 0 amide bonds. The molecule has 11 nitrogen and oxygen atoms in total. The number of aromatic hydroxyl groups is 1. The molecule has 0 aliphatic carbocycles. The summed E-state index contributed by atoms with van der Waals surface area (Å²) in [7, 11) is 0. The van der Waals surface area contributed by atoms with Crippen molar-refractivity contribution in [2.24, 2.45) is 5.73 Å². The molecule has 12 heteroatoms. The van der Waals surface area contributed by atoms with E-state index in [2.05, 4.69) is 35.0 Å². The summed E-state index contributed by atoms with van der Waals surface area (Å²) < 4.78 is 13.9. The maximum absolute atomic E-state index is 13.9. The Labute approximate surface area is 208 Å². The lowest BCUT2D eigenvalue weighted by Crippen LogP contribution is -2.56. The van der Waals surface area contributed by atoms with E-state index >= 15 is 0 Å². The summed E-state index contributed by atoms with van der Waals surface area (Å²) in [6.07, 6.45) is 6.74. The van der Waals surface area contributed by atoms with E-state index in [1.807, 2.05) is 6.07 Å². The molecule has 0 spiro atoms. The van der Waals surface area contributed by atoms with Gasteiger partial charge in [-0.15, -0.1) is 0 Å². The Morgan fingerprint density at radius 3 is 2.73 bits per heavy atom. The van der Waals surface area contributed by atoms with Gasteiger partial charge in [-0.05, 0) is 24.3 Å². The average molecular weight is 494 g/mol. The van der Waals surface area contributed by atoms with Gasteiger partial charge in [0.25, 0.3) is 0 Å². The number of nitrogens with two attached hydrogens (primary N) is 1. The monoisotopic (exact) mass is 494 g/mol. The first-order chi connectivity index (χ1) is 18.0. The number of pyridine rings is 2. The minimum atomic E-state index is -0.564. The summed E-state index contributed by atoms with van der Waals surface area (Å²) in [5, 5.41) is 18.0. The molecule has 0 saturated carbocycles. The lowest BCUT2D eigenvalue weighted by molar-refractivity contribution is 0.469. The second-order valence-electron chi connectivity index (χ2n) is 8.96. The number of aromatic amines is 2. The van der Waals surface area contributed by atoms with Crippen LogP contribution in [0, 0.1) is 5.82 Å². The number of phenols is 1. The third-order valence-electron chi connectivity index (χ3n) is 6.35. The molecule has 0 bridgehead atoms. The summed E-state index contributed by atoms with van der Waals surface area (Å²) in [4.78, 5) is 28.1. The number of fused-ring (bicyclic) bond motifs is 2. The van der Waals surface area contributed by atoms with E-state index in [0.717, 1.165) is 35.9 Å². The first kappa shape index (κ1) is 21.3. The minimum absolute atomic E-state index is 0.156. The largest absolute Gasteiger partial charge is 0.508 e. The van der Waals surface area contributed by atoms with Crippen LogP contribution < -0.4 is 10.6 Å². The third kappa shape index (κ3) is 3.62. The number of hydrogen-bond acceptors (Lipinski definition) is 9. The van der Waals surface area contributed by atoms with Gasteiger partial charge in [0.1, 0.15) is 28.6 Å². The zero-order valence-electron chi connectivity index (χ0n) is 19.2. The van der Waals surface area contributed by atoms with Crippen molar-refractivity contribution in [1.29, 1.82) is 0 Å². The normalized spacial score (nSPS) is 13.9. The molecule has 182 valence electrons. The molecule has 1 aliphatic rings. The quantitative estimate of drug-likeness (QED) is 0.289. The van der Waals surface area contributed by atoms with Crippen molar-refractivity contribution in [2.75, 3.05) is 18.0 Å². The highest BCUT2D eigenvalue weighted by atomic mass is 19.1. The third-order valence-corrected chi connectivity index (χ3v) is 6.35. The van der Waals surface area contributed by atoms with Crippen LogP contribution in [0.1, 0.15) is 0 Å². The Morgan fingerprint density at radius 1 is 1.00 bits per heavy atom. The Balaban J connectivity index is 1.31. The molecule has 1 saturated heterocycles. The molecule has 1 aliphatic heterocycles. The first-order valence-corrected chi connectivity index (χ1v) is 11.5. The maximum Gasteiger partial charge on any atom is 0.159 e. The van der Waals surface area contributed by atoms with E-state index in [1.165, 1.54) is 12.1 Å². The zero-order chi connectivity index (χ0) is 25.1. The summed E-state index contributed by atoms with van der Waals surface area (Å²) in [5.41, 5.74) is 10.6. The number of phenolic OH excluding ortho intramolecular Hbond substituents is 1. The second kappa shape index (κ2) is 8.03. The van der Waals surface area contributed by atoms with E-state index in [4.69, 9.17) is 15.7 Å². The van der Waals surface area contributed by atoms with Crippen LogP contribution in [0.25, 0.3) is 56.1 Å². The van der Waals surface area contributed by atoms with Crippen LogP contribution in [0.4, 0.5) is 10.2 Å². The van der Waals surface area contributed by atoms with E-state index < -0.39 is 5.82 Å². The van der Waals surface area contributed by atoms with Gasteiger partial charge >= 0.3 is 0 Å². The summed E-state index contributed by atoms with van der Waals surface area (Å²) in [6, 6.07) is 7.66. The molecule has 0 radical (unpaired) electrons. The van der Waals surface area contributed by atoms with Crippen molar-refractivity contribution in [1.82, 2.24) is 40.1 Å². The number of aromatic nitrogens is 8. The summed E-state index contributed by atoms with van der Waals surface area (Å²) in [5.74, 6) is 0.507. The van der Waals surface area contributed by atoms with Gasteiger partial charge in [0.05, 0.1) is 34.7 Å². The lowest BCUT2D eigenvalue weighted by Gasteiger charge is -2.37. The molecular formula is C25H19FN10O. The van der Waals surface area contributed by atoms with Crippen molar-refractivity contribution in [3.05, 3.63) is 60.9 Å². The molecule has 0 atom stereocenters. The highest BCUT2D eigenvalue weighted by molar-refractivity contribution is 5.96. The van der Waals surface area contributed by atoms with Gasteiger partial charge in [-0.25, -0.2) is 19.3 Å². The Kier molecular flexibility index (Phi) is 4.63. The number of H-pyrrole nitrogens is 2. The zero-order valence-corrected chi connectivity index (χ0v) is 19.2. The highest BCUT2D eigenvalue weighted by Crippen LogP contribution is 2.32. The molecule has 6 heterocycles. The fourth-order valence-electron chi connectivity index (χ4n) is 4.54. The van der Waals surface area contributed by atoms with Crippen LogP contribution in [0.15, 0.2) is 55.1 Å². The molecule has 5 N–H and O–H groups in total. The molecule has 6 aromatic rings. The van der Waals surface area contributed by atoms with Crippen molar-refractivity contribution < 1.29 is 9.50 Å². The molecule has 1 aromatic carbocycles. The topological polar surface area (TPSA) is 158 Å². The molecule has 1 fully saturated rings. The Hall–Kier alpha value is -4.97. The maximum atomic E-state index is 13.9. The Morgan fingerprint density at radius 2 is 1.89 bits per heavy atom. The number of nitrogens with one attached hydrogen (secondary N) is 2. The summed E-state index contributed by atoms with van der Waals surface area (Å²) in [6.45, 7) is 1.50. The van der Waals surface area contributed by atoms with Crippen molar-refractivity contribution in [2.45, 2.75) is 6.04 Å². The molecule has 7 rings (SSSR count). The second-order valence-corrected chi connectivity index (χ2v) is 8.96. The van der Waals surface area contributed by atoms with E-state index in [9.17, 15) is 9.50 Å².